The fourth-order valence-electron chi connectivity index (χ4n) is 2.31. The molecule has 0 spiro atoms. The van der Waals surface area contributed by atoms with E-state index in [-0.39, 0.29) is 11.9 Å². The summed E-state index contributed by atoms with van der Waals surface area (Å²) in [5.41, 5.74) is 1.75. The molecule has 0 radical (unpaired) electrons. The Kier molecular flexibility index (Phi) is 5.38. The van der Waals surface area contributed by atoms with Gasteiger partial charge in [-0.3, -0.25) is 14.7 Å². The predicted molar refractivity (Wildman–Crippen MR) is 104 cm³/mol. The van der Waals surface area contributed by atoms with Crippen LogP contribution in [0.25, 0.3) is 6.08 Å². The molecular formula is C19H17ClN2OS. The van der Waals surface area contributed by atoms with E-state index < -0.39 is 0 Å². The summed E-state index contributed by atoms with van der Waals surface area (Å²) in [7, 11) is 0. The van der Waals surface area contributed by atoms with Crippen LogP contribution in [0.1, 0.15) is 12.5 Å². The zero-order chi connectivity index (χ0) is 16.9. The summed E-state index contributed by atoms with van der Waals surface area (Å²) < 4.78 is 0. The highest BCUT2D eigenvalue weighted by molar-refractivity contribution is 8.14. The zero-order valence-electron chi connectivity index (χ0n) is 13.2. The molecule has 0 aliphatic carbocycles. The third-order valence-corrected chi connectivity index (χ3v) is 4.95. The SMILES string of the molecule is C[C@@H]1CSC(N(C(=O)/C=C/c2ccccc2)c2ccc(Cl)cc2)=N1. The van der Waals surface area contributed by atoms with E-state index in [2.05, 4.69) is 4.99 Å². The number of rotatable bonds is 3. The van der Waals surface area contributed by atoms with Crippen LogP contribution in [-0.2, 0) is 4.79 Å². The number of benzene rings is 2. The van der Waals surface area contributed by atoms with E-state index in [9.17, 15) is 4.79 Å². The molecule has 0 saturated carbocycles. The van der Waals surface area contributed by atoms with Gasteiger partial charge >= 0.3 is 0 Å². The second kappa shape index (κ2) is 7.69. The largest absolute Gasteiger partial charge is 0.269 e. The van der Waals surface area contributed by atoms with Gasteiger partial charge in [-0.2, -0.15) is 0 Å². The molecule has 2 aromatic carbocycles. The van der Waals surface area contributed by atoms with E-state index in [4.69, 9.17) is 11.6 Å². The monoisotopic (exact) mass is 356 g/mol. The number of hydrogen-bond donors (Lipinski definition) is 0. The Morgan fingerprint density at radius 3 is 2.54 bits per heavy atom. The first-order chi connectivity index (χ1) is 11.6. The van der Waals surface area contributed by atoms with Crippen molar-refractivity contribution in [3.8, 4) is 0 Å². The maximum atomic E-state index is 12.8. The molecule has 3 rings (SSSR count). The smallest absolute Gasteiger partial charge is 0.257 e. The Balaban J connectivity index is 1.89. The summed E-state index contributed by atoms with van der Waals surface area (Å²) in [6.07, 6.45) is 3.39. The fourth-order valence-corrected chi connectivity index (χ4v) is 3.48. The topological polar surface area (TPSA) is 32.7 Å². The highest BCUT2D eigenvalue weighted by atomic mass is 35.5. The Morgan fingerprint density at radius 1 is 1.21 bits per heavy atom. The van der Waals surface area contributed by atoms with E-state index in [0.29, 0.717) is 5.02 Å². The summed E-state index contributed by atoms with van der Waals surface area (Å²) >= 11 is 7.56. The van der Waals surface area contributed by atoms with Crippen LogP contribution in [0.4, 0.5) is 5.69 Å². The lowest BCUT2D eigenvalue weighted by Gasteiger charge is -2.20. The van der Waals surface area contributed by atoms with Gasteiger partial charge in [-0.15, -0.1) is 0 Å². The molecule has 0 unspecified atom stereocenters. The molecular weight excluding hydrogens is 340 g/mol. The Morgan fingerprint density at radius 2 is 1.92 bits per heavy atom. The lowest BCUT2D eigenvalue weighted by atomic mass is 10.2. The van der Waals surface area contributed by atoms with Crippen LogP contribution in [0, 0.1) is 0 Å². The van der Waals surface area contributed by atoms with E-state index in [1.807, 2.05) is 55.5 Å². The highest BCUT2D eigenvalue weighted by Crippen LogP contribution is 2.27. The van der Waals surface area contributed by atoms with Gasteiger partial charge in [-0.25, -0.2) is 0 Å². The third kappa shape index (κ3) is 4.08. The summed E-state index contributed by atoms with van der Waals surface area (Å²) in [5.74, 6) is 0.760. The van der Waals surface area contributed by atoms with Gasteiger partial charge in [-0.05, 0) is 42.8 Å². The molecule has 2 aromatic rings. The van der Waals surface area contributed by atoms with E-state index in [1.165, 1.54) is 0 Å². The van der Waals surface area contributed by atoms with Crippen LogP contribution in [0.5, 0.6) is 0 Å². The molecule has 1 amide bonds. The molecule has 0 aromatic heterocycles. The minimum absolute atomic E-state index is 0.124. The van der Waals surface area contributed by atoms with Gasteiger partial charge in [0.15, 0.2) is 5.17 Å². The van der Waals surface area contributed by atoms with Crippen molar-refractivity contribution in [3.05, 3.63) is 71.3 Å². The van der Waals surface area contributed by atoms with E-state index in [0.717, 1.165) is 22.2 Å². The van der Waals surface area contributed by atoms with E-state index >= 15 is 0 Å². The molecule has 0 fully saturated rings. The summed E-state index contributed by atoms with van der Waals surface area (Å²) in [4.78, 5) is 19.0. The van der Waals surface area contributed by atoms with Crippen molar-refractivity contribution in [2.45, 2.75) is 13.0 Å². The molecule has 1 heterocycles. The fraction of sp³-hybridized carbons (Fsp3) is 0.158. The van der Waals surface area contributed by atoms with Gasteiger partial charge in [0.25, 0.3) is 5.91 Å². The molecule has 0 bridgehead atoms. The van der Waals surface area contributed by atoms with Crippen molar-refractivity contribution in [1.82, 2.24) is 0 Å². The molecule has 0 N–H and O–H groups in total. The third-order valence-electron chi connectivity index (χ3n) is 3.50. The van der Waals surface area contributed by atoms with Crippen LogP contribution in [0.15, 0.2) is 65.7 Å². The zero-order valence-corrected chi connectivity index (χ0v) is 14.8. The van der Waals surface area contributed by atoms with Crippen molar-refractivity contribution in [2.75, 3.05) is 10.7 Å². The molecule has 1 atom stereocenters. The van der Waals surface area contributed by atoms with Gasteiger partial charge in [0, 0.05) is 16.9 Å². The molecule has 1 aliphatic rings. The molecule has 3 nitrogen and oxygen atoms in total. The highest BCUT2D eigenvalue weighted by Gasteiger charge is 2.25. The lowest BCUT2D eigenvalue weighted by molar-refractivity contribution is -0.113. The minimum atomic E-state index is -0.124. The first-order valence-corrected chi connectivity index (χ1v) is 9.03. The quantitative estimate of drug-likeness (QED) is 0.734. The summed E-state index contributed by atoms with van der Waals surface area (Å²) in [5, 5.41) is 1.37. The van der Waals surface area contributed by atoms with Crippen molar-refractivity contribution >= 4 is 46.2 Å². The average molecular weight is 357 g/mol. The normalized spacial score (nSPS) is 17.1. The number of amides is 1. The maximum absolute atomic E-state index is 12.8. The van der Waals surface area contributed by atoms with Gasteiger partial charge in [-0.1, -0.05) is 53.7 Å². The van der Waals surface area contributed by atoms with Crippen LogP contribution < -0.4 is 4.90 Å². The maximum Gasteiger partial charge on any atom is 0.257 e. The molecule has 5 heteroatoms. The number of carbonyl (C=O) groups excluding carboxylic acids is 1. The number of nitrogens with zero attached hydrogens (tertiary/aromatic N) is 2. The average Bonchev–Trinajstić information content (AvgIpc) is 3.02. The van der Waals surface area contributed by atoms with Crippen LogP contribution in [0.2, 0.25) is 5.02 Å². The van der Waals surface area contributed by atoms with E-state index in [1.54, 1.807) is 34.9 Å². The first kappa shape index (κ1) is 16.8. The van der Waals surface area contributed by atoms with Crippen molar-refractivity contribution < 1.29 is 4.79 Å². The van der Waals surface area contributed by atoms with Gasteiger partial charge in [0.05, 0.1) is 11.7 Å². The van der Waals surface area contributed by atoms with Crippen LogP contribution in [0.3, 0.4) is 0 Å². The van der Waals surface area contributed by atoms with Crippen LogP contribution >= 0.6 is 23.4 Å². The minimum Gasteiger partial charge on any atom is -0.269 e. The Labute approximate surface area is 151 Å². The first-order valence-electron chi connectivity index (χ1n) is 7.67. The number of anilines is 1. The Hall–Kier alpha value is -2.04. The van der Waals surface area contributed by atoms with Gasteiger partial charge in [0.1, 0.15) is 0 Å². The number of hydrogen-bond acceptors (Lipinski definition) is 3. The standard InChI is InChI=1S/C19H17ClN2OS/c1-14-13-24-19(21-14)22(17-10-8-16(20)9-11-17)18(23)12-7-15-5-3-2-4-6-15/h2-12,14H,13H2,1H3/b12-7+/t14-/m1/s1. The Bertz CT molecular complexity index is 772. The van der Waals surface area contributed by atoms with Gasteiger partial charge < -0.3 is 0 Å². The molecule has 122 valence electrons. The number of halogens is 1. The van der Waals surface area contributed by atoms with Gasteiger partial charge in [0.2, 0.25) is 0 Å². The second-order valence-electron chi connectivity index (χ2n) is 5.47. The lowest BCUT2D eigenvalue weighted by Crippen LogP contribution is -2.33. The van der Waals surface area contributed by atoms with Crippen LogP contribution in [-0.4, -0.2) is 22.9 Å². The summed E-state index contributed by atoms with van der Waals surface area (Å²) in [6, 6.07) is 17.2. The molecule has 24 heavy (non-hydrogen) atoms. The number of aliphatic imine (C=N–C) groups is 1. The summed E-state index contributed by atoms with van der Waals surface area (Å²) in [6.45, 7) is 2.05. The van der Waals surface area contributed by atoms with Crippen molar-refractivity contribution in [1.29, 1.82) is 0 Å². The van der Waals surface area contributed by atoms with Crippen molar-refractivity contribution in [3.63, 3.8) is 0 Å². The number of thioether (sulfide) groups is 1. The number of carbonyl (C=O) groups is 1. The molecule has 0 saturated heterocycles. The predicted octanol–water partition coefficient (Wildman–Crippen LogP) is 4.88. The second-order valence-corrected chi connectivity index (χ2v) is 6.89. The van der Waals surface area contributed by atoms with Crippen molar-refractivity contribution in [2.24, 2.45) is 4.99 Å². The molecule has 1 aliphatic heterocycles. The number of amidine groups is 1.